The molecule has 1 aromatic carbocycles. The van der Waals surface area contributed by atoms with Crippen LogP contribution in [0.25, 0.3) is 0 Å². The highest BCUT2D eigenvalue weighted by atomic mass is 79.9. The summed E-state index contributed by atoms with van der Waals surface area (Å²) in [5.74, 6) is -0.192. The summed E-state index contributed by atoms with van der Waals surface area (Å²) in [5.41, 5.74) is 1.87. The summed E-state index contributed by atoms with van der Waals surface area (Å²) in [6.07, 6.45) is 2.27. The van der Waals surface area contributed by atoms with E-state index in [2.05, 4.69) is 33.4 Å². The van der Waals surface area contributed by atoms with Gasteiger partial charge in [-0.1, -0.05) is 22.0 Å². The molecule has 0 saturated carbocycles. The Morgan fingerprint density at radius 2 is 2.20 bits per heavy atom. The van der Waals surface area contributed by atoms with Gasteiger partial charge in [0.2, 0.25) is 0 Å². The molecule has 0 aliphatic heterocycles. The van der Waals surface area contributed by atoms with Gasteiger partial charge >= 0.3 is 5.97 Å². The largest absolute Gasteiger partial charge is 0.468 e. The predicted molar refractivity (Wildman–Crippen MR) is 80.8 cm³/mol. The van der Waals surface area contributed by atoms with E-state index in [0.29, 0.717) is 19.6 Å². The number of rotatable bonds is 5. The first-order valence-corrected chi connectivity index (χ1v) is 7.50. The van der Waals surface area contributed by atoms with E-state index >= 15 is 0 Å². The van der Waals surface area contributed by atoms with Gasteiger partial charge < -0.3 is 9.47 Å². The minimum atomic E-state index is -0.631. The van der Waals surface area contributed by atoms with E-state index in [4.69, 9.17) is 9.47 Å². The first-order chi connectivity index (χ1) is 9.61. The van der Waals surface area contributed by atoms with Crippen molar-refractivity contribution in [1.29, 1.82) is 0 Å². The molecule has 0 aromatic heterocycles. The molecule has 0 heterocycles. The van der Waals surface area contributed by atoms with Crippen LogP contribution in [0.5, 0.6) is 0 Å². The highest BCUT2D eigenvalue weighted by Crippen LogP contribution is 2.31. The molecule has 1 N–H and O–H groups in total. The summed E-state index contributed by atoms with van der Waals surface area (Å²) in [6.45, 7) is 1.21. The van der Waals surface area contributed by atoms with Crippen LogP contribution in [0.1, 0.15) is 17.5 Å². The molecule has 1 atom stereocenters. The van der Waals surface area contributed by atoms with E-state index in [9.17, 15) is 4.79 Å². The van der Waals surface area contributed by atoms with Gasteiger partial charge in [0.15, 0.2) is 0 Å². The van der Waals surface area contributed by atoms with Crippen molar-refractivity contribution in [2.75, 3.05) is 27.4 Å². The fourth-order valence-corrected chi connectivity index (χ4v) is 3.15. The Balaban J connectivity index is 2.21. The van der Waals surface area contributed by atoms with E-state index in [1.807, 2.05) is 6.07 Å². The monoisotopic (exact) mass is 341 g/mol. The second kappa shape index (κ2) is 6.70. The third kappa shape index (κ3) is 3.22. The van der Waals surface area contributed by atoms with E-state index in [-0.39, 0.29) is 5.97 Å². The first kappa shape index (κ1) is 15.5. The molecular formula is C15H20BrNO3. The average Bonchev–Trinajstić information content (AvgIpc) is 2.46. The van der Waals surface area contributed by atoms with Gasteiger partial charge in [0.1, 0.15) is 5.54 Å². The molecule has 0 fully saturated rings. The molecule has 0 amide bonds. The zero-order chi connectivity index (χ0) is 14.6. The SMILES string of the molecule is COCCNC1(C(=O)OC)CCc2cc(Br)ccc2C1. The molecule has 0 spiro atoms. The minimum Gasteiger partial charge on any atom is -0.468 e. The average molecular weight is 342 g/mol. The minimum absolute atomic E-state index is 0.192. The summed E-state index contributed by atoms with van der Waals surface area (Å²) in [4.78, 5) is 12.2. The Labute approximate surface area is 128 Å². The maximum atomic E-state index is 12.2. The van der Waals surface area contributed by atoms with Gasteiger partial charge in [-0.15, -0.1) is 0 Å². The lowest BCUT2D eigenvalue weighted by molar-refractivity contribution is -0.149. The van der Waals surface area contributed by atoms with E-state index in [0.717, 1.165) is 17.3 Å². The van der Waals surface area contributed by atoms with E-state index in [1.54, 1.807) is 7.11 Å². The quantitative estimate of drug-likeness (QED) is 0.658. The molecule has 0 bridgehead atoms. The van der Waals surface area contributed by atoms with Crippen LogP contribution in [0.3, 0.4) is 0 Å². The second-order valence-electron chi connectivity index (χ2n) is 5.08. The molecule has 4 nitrogen and oxygen atoms in total. The van der Waals surface area contributed by atoms with Crippen molar-refractivity contribution in [1.82, 2.24) is 5.32 Å². The lowest BCUT2D eigenvalue weighted by Gasteiger charge is -2.36. The molecule has 0 saturated heterocycles. The predicted octanol–water partition coefficient (Wildman–Crippen LogP) is 2.09. The zero-order valence-electron chi connectivity index (χ0n) is 11.9. The number of hydrogen-bond acceptors (Lipinski definition) is 4. The van der Waals surface area contributed by atoms with Crippen LogP contribution in [0, 0.1) is 0 Å². The number of carbonyl (C=O) groups excluding carboxylic acids is 1. The Bertz CT molecular complexity index is 492. The van der Waals surface area contributed by atoms with Crippen LogP contribution in [0.2, 0.25) is 0 Å². The highest BCUT2D eigenvalue weighted by Gasteiger charge is 2.41. The van der Waals surface area contributed by atoms with Crippen LogP contribution in [-0.2, 0) is 27.1 Å². The third-order valence-electron chi connectivity index (χ3n) is 3.83. The Hall–Kier alpha value is -0.910. The number of fused-ring (bicyclic) bond motifs is 1. The Kier molecular flexibility index (Phi) is 5.18. The smallest absolute Gasteiger partial charge is 0.326 e. The van der Waals surface area contributed by atoms with Crippen molar-refractivity contribution >= 4 is 21.9 Å². The van der Waals surface area contributed by atoms with Gasteiger partial charge in [-0.25, -0.2) is 0 Å². The maximum absolute atomic E-state index is 12.2. The second-order valence-corrected chi connectivity index (χ2v) is 6.00. The zero-order valence-corrected chi connectivity index (χ0v) is 13.5. The number of benzene rings is 1. The molecule has 5 heteroatoms. The molecule has 1 unspecified atom stereocenters. The normalized spacial score (nSPS) is 21.4. The summed E-state index contributed by atoms with van der Waals surface area (Å²) in [5, 5.41) is 3.33. The number of methoxy groups -OCH3 is 2. The molecule has 110 valence electrons. The van der Waals surface area contributed by atoms with Gasteiger partial charge in [-0.2, -0.15) is 0 Å². The number of nitrogens with one attached hydrogen (secondary N) is 1. The summed E-state index contributed by atoms with van der Waals surface area (Å²) >= 11 is 3.49. The molecule has 1 aliphatic rings. The maximum Gasteiger partial charge on any atom is 0.326 e. The molecule has 0 radical (unpaired) electrons. The number of carbonyl (C=O) groups is 1. The van der Waals surface area contributed by atoms with Crippen molar-refractivity contribution in [2.24, 2.45) is 0 Å². The molecular weight excluding hydrogens is 322 g/mol. The summed E-state index contributed by atoms with van der Waals surface area (Å²) in [6, 6.07) is 6.22. The Morgan fingerprint density at radius 3 is 2.90 bits per heavy atom. The first-order valence-electron chi connectivity index (χ1n) is 6.71. The number of ether oxygens (including phenoxy) is 2. The van der Waals surface area contributed by atoms with Crippen molar-refractivity contribution in [3.05, 3.63) is 33.8 Å². The number of hydrogen-bond donors (Lipinski definition) is 1. The fourth-order valence-electron chi connectivity index (χ4n) is 2.75. The van der Waals surface area contributed by atoms with Gasteiger partial charge in [0.25, 0.3) is 0 Å². The number of halogens is 1. The lowest BCUT2D eigenvalue weighted by atomic mass is 9.78. The molecule has 1 aromatic rings. The summed E-state index contributed by atoms with van der Waals surface area (Å²) < 4.78 is 11.1. The van der Waals surface area contributed by atoms with Crippen LogP contribution in [0.4, 0.5) is 0 Å². The van der Waals surface area contributed by atoms with Crippen molar-refractivity contribution < 1.29 is 14.3 Å². The van der Waals surface area contributed by atoms with E-state index in [1.165, 1.54) is 18.2 Å². The van der Waals surface area contributed by atoms with Gasteiger partial charge in [-0.3, -0.25) is 10.1 Å². The van der Waals surface area contributed by atoms with Gasteiger partial charge in [0.05, 0.1) is 13.7 Å². The van der Waals surface area contributed by atoms with Crippen LogP contribution >= 0.6 is 15.9 Å². The van der Waals surface area contributed by atoms with Crippen molar-refractivity contribution in [3.63, 3.8) is 0 Å². The van der Waals surface area contributed by atoms with Gasteiger partial charge in [0, 0.05) is 24.5 Å². The van der Waals surface area contributed by atoms with Gasteiger partial charge in [-0.05, 0) is 36.1 Å². The topological polar surface area (TPSA) is 47.6 Å². The van der Waals surface area contributed by atoms with Crippen molar-refractivity contribution in [2.45, 2.75) is 24.8 Å². The highest BCUT2D eigenvalue weighted by molar-refractivity contribution is 9.10. The standard InChI is InChI=1S/C15H20BrNO3/c1-19-8-7-17-15(14(18)20-2)6-5-11-9-13(16)4-3-12(11)10-15/h3-4,9,17H,5-8,10H2,1-2H3. The third-order valence-corrected chi connectivity index (χ3v) is 4.32. The summed E-state index contributed by atoms with van der Waals surface area (Å²) in [7, 11) is 3.10. The van der Waals surface area contributed by atoms with Crippen LogP contribution < -0.4 is 5.32 Å². The number of aryl methyl sites for hydroxylation is 1. The van der Waals surface area contributed by atoms with Crippen LogP contribution in [-0.4, -0.2) is 38.9 Å². The van der Waals surface area contributed by atoms with Crippen molar-refractivity contribution in [3.8, 4) is 0 Å². The lowest BCUT2D eigenvalue weighted by Crippen LogP contribution is -2.57. The fraction of sp³-hybridized carbons (Fsp3) is 0.533. The Morgan fingerprint density at radius 1 is 1.40 bits per heavy atom. The molecule has 2 rings (SSSR count). The molecule has 20 heavy (non-hydrogen) atoms. The molecule has 1 aliphatic carbocycles. The van der Waals surface area contributed by atoms with Crippen LogP contribution in [0.15, 0.2) is 22.7 Å². The number of esters is 1. The van der Waals surface area contributed by atoms with E-state index < -0.39 is 5.54 Å².